The summed E-state index contributed by atoms with van der Waals surface area (Å²) in [7, 11) is 0. The molecule has 1 aliphatic carbocycles. The molecule has 1 saturated carbocycles. The molecule has 0 saturated heterocycles. The second-order valence-corrected chi connectivity index (χ2v) is 5.50. The lowest BCUT2D eigenvalue weighted by Crippen LogP contribution is -2.39. The predicted octanol–water partition coefficient (Wildman–Crippen LogP) is 3.52. The number of carboxylic acids is 1. The Labute approximate surface area is 112 Å². The number of carboxylic acid groups (broad SMARTS) is 1. The minimum Gasteiger partial charge on any atom is -0.480 e. The molecule has 3 unspecified atom stereocenters. The number of rotatable bonds is 4. The molecule has 0 aromatic heterocycles. The van der Waals surface area contributed by atoms with Gasteiger partial charge in [0.2, 0.25) is 0 Å². The number of hydrogen-bond donors (Lipinski definition) is 2. The number of aliphatic carboxylic acids is 1. The summed E-state index contributed by atoms with van der Waals surface area (Å²) >= 11 is 0. The summed E-state index contributed by atoms with van der Waals surface area (Å²) in [6.07, 6.45) is 4.08. The van der Waals surface area contributed by atoms with Gasteiger partial charge in [0.05, 0.1) is 0 Å². The van der Waals surface area contributed by atoms with Gasteiger partial charge in [-0.15, -0.1) is 0 Å². The lowest BCUT2D eigenvalue weighted by molar-refractivity contribution is -0.139. The highest BCUT2D eigenvalue weighted by Gasteiger charge is 2.31. The van der Waals surface area contributed by atoms with Crippen molar-refractivity contribution in [2.45, 2.75) is 38.6 Å². The van der Waals surface area contributed by atoms with E-state index in [1.54, 1.807) is 12.1 Å². The van der Waals surface area contributed by atoms with Crippen LogP contribution in [0, 0.1) is 17.7 Å². The Hall–Kier alpha value is -1.58. The normalized spacial score (nSPS) is 24.7. The van der Waals surface area contributed by atoms with Gasteiger partial charge in [0.15, 0.2) is 0 Å². The molecule has 0 heterocycles. The topological polar surface area (TPSA) is 49.3 Å². The molecule has 104 valence electrons. The van der Waals surface area contributed by atoms with Crippen molar-refractivity contribution in [3.8, 4) is 0 Å². The zero-order chi connectivity index (χ0) is 13.8. The molecule has 0 bridgehead atoms. The number of hydrogen-bond acceptors (Lipinski definition) is 2. The van der Waals surface area contributed by atoms with Gasteiger partial charge in [-0.2, -0.15) is 0 Å². The molecule has 4 heteroatoms. The molecule has 1 aliphatic rings. The number of anilines is 1. The molecule has 3 atom stereocenters. The molecule has 1 aromatic carbocycles. The van der Waals surface area contributed by atoms with E-state index in [9.17, 15) is 14.3 Å². The predicted molar refractivity (Wildman–Crippen MR) is 72.6 cm³/mol. The number of halogens is 1. The summed E-state index contributed by atoms with van der Waals surface area (Å²) in [6, 6.07) is 5.33. The molecular weight excluding hydrogens is 245 g/mol. The summed E-state index contributed by atoms with van der Waals surface area (Å²) < 4.78 is 13.1. The van der Waals surface area contributed by atoms with Gasteiger partial charge < -0.3 is 10.4 Å². The van der Waals surface area contributed by atoms with Crippen molar-refractivity contribution < 1.29 is 14.3 Å². The molecular formula is C15H20FNO2. The summed E-state index contributed by atoms with van der Waals surface area (Å²) in [4.78, 5) is 11.4. The third-order valence-corrected chi connectivity index (χ3v) is 3.86. The van der Waals surface area contributed by atoms with Crippen LogP contribution in [-0.4, -0.2) is 17.1 Å². The third-order valence-electron chi connectivity index (χ3n) is 3.86. The molecule has 0 amide bonds. The van der Waals surface area contributed by atoms with Crippen molar-refractivity contribution >= 4 is 11.7 Å². The molecule has 2 rings (SSSR count). The van der Waals surface area contributed by atoms with Crippen LogP contribution in [0.3, 0.4) is 0 Å². The monoisotopic (exact) mass is 265 g/mol. The minimum absolute atomic E-state index is 0.115. The molecule has 0 spiro atoms. The summed E-state index contributed by atoms with van der Waals surface area (Å²) in [5, 5.41) is 12.4. The second kappa shape index (κ2) is 6.04. The van der Waals surface area contributed by atoms with Crippen LogP contribution in [-0.2, 0) is 4.79 Å². The van der Waals surface area contributed by atoms with Gasteiger partial charge in [-0.3, -0.25) is 0 Å². The Kier molecular flexibility index (Phi) is 4.40. The maximum atomic E-state index is 13.1. The van der Waals surface area contributed by atoms with Crippen LogP contribution < -0.4 is 5.32 Å². The minimum atomic E-state index is -0.858. The summed E-state index contributed by atoms with van der Waals surface area (Å²) in [5.74, 6) is -0.533. The van der Waals surface area contributed by atoms with Crippen LogP contribution in [0.2, 0.25) is 0 Å². The van der Waals surface area contributed by atoms with Crippen molar-refractivity contribution in [3.63, 3.8) is 0 Å². The van der Waals surface area contributed by atoms with E-state index >= 15 is 0 Å². The summed E-state index contributed by atoms with van der Waals surface area (Å²) in [6.45, 7) is 2.16. The fourth-order valence-electron chi connectivity index (χ4n) is 2.92. The lowest BCUT2D eigenvalue weighted by atomic mass is 9.78. The zero-order valence-corrected chi connectivity index (χ0v) is 11.1. The van der Waals surface area contributed by atoms with Crippen molar-refractivity contribution in [2.75, 3.05) is 5.32 Å². The van der Waals surface area contributed by atoms with E-state index in [0.717, 1.165) is 19.3 Å². The highest BCUT2D eigenvalue weighted by atomic mass is 19.1. The van der Waals surface area contributed by atoms with Crippen LogP contribution >= 0.6 is 0 Å². The largest absolute Gasteiger partial charge is 0.480 e. The van der Waals surface area contributed by atoms with Crippen LogP contribution in [0.5, 0.6) is 0 Å². The van der Waals surface area contributed by atoms with Gasteiger partial charge in [-0.25, -0.2) is 9.18 Å². The van der Waals surface area contributed by atoms with Crippen molar-refractivity contribution in [1.82, 2.24) is 0 Å². The smallest absolute Gasteiger partial charge is 0.326 e. The van der Waals surface area contributed by atoms with Gasteiger partial charge in [0, 0.05) is 5.69 Å². The first-order valence-corrected chi connectivity index (χ1v) is 6.81. The first-order chi connectivity index (χ1) is 9.06. The lowest BCUT2D eigenvalue weighted by Gasteiger charge is -2.32. The van der Waals surface area contributed by atoms with E-state index in [1.165, 1.54) is 18.6 Å². The fraction of sp³-hybridized carbons (Fsp3) is 0.533. The van der Waals surface area contributed by atoms with Crippen molar-refractivity contribution in [1.29, 1.82) is 0 Å². The van der Waals surface area contributed by atoms with Gasteiger partial charge >= 0.3 is 5.97 Å². The first kappa shape index (κ1) is 13.8. The third kappa shape index (κ3) is 3.69. The Bertz CT molecular complexity index is 450. The SMILES string of the molecule is CC1CCCC(C(Nc2cccc(F)c2)C(=O)O)C1. The van der Waals surface area contributed by atoms with E-state index in [1.807, 2.05) is 0 Å². The van der Waals surface area contributed by atoms with Crippen LogP contribution in [0.4, 0.5) is 10.1 Å². The number of benzene rings is 1. The highest BCUT2D eigenvalue weighted by Crippen LogP contribution is 2.32. The van der Waals surface area contributed by atoms with E-state index in [-0.39, 0.29) is 11.7 Å². The quantitative estimate of drug-likeness (QED) is 0.875. The van der Waals surface area contributed by atoms with Gasteiger partial charge in [-0.05, 0) is 42.9 Å². The Morgan fingerprint density at radius 1 is 1.47 bits per heavy atom. The Morgan fingerprint density at radius 2 is 2.26 bits per heavy atom. The standard InChI is InChI=1S/C15H20FNO2/c1-10-4-2-5-11(8-10)14(15(18)19)17-13-7-3-6-12(16)9-13/h3,6-7,9-11,14,17H,2,4-5,8H2,1H3,(H,18,19). The molecule has 19 heavy (non-hydrogen) atoms. The average Bonchev–Trinajstić information content (AvgIpc) is 2.35. The van der Waals surface area contributed by atoms with Gasteiger partial charge in [0.25, 0.3) is 0 Å². The molecule has 0 radical (unpaired) electrons. The molecule has 3 nitrogen and oxygen atoms in total. The molecule has 1 aromatic rings. The van der Waals surface area contributed by atoms with E-state index in [4.69, 9.17) is 0 Å². The Balaban J connectivity index is 2.09. The van der Waals surface area contributed by atoms with Gasteiger partial charge in [-0.1, -0.05) is 25.8 Å². The van der Waals surface area contributed by atoms with Crippen LogP contribution in [0.25, 0.3) is 0 Å². The first-order valence-electron chi connectivity index (χ1n) is 6.81. The maximum Gasteiger partial charge on any atom is 0.326 e. The van der Waals surface area contributed by atoms with Crippen LogP contribution in [0.1, 0.15) is 32.6 Å². The maximum absolute atomic E-state index is 13.1. The van der Waals surface area contributed by atoms with E-state index < -0.39 is 12.0 Å². The highest BCUT2D eigenvalue weighted by molar-refractivity contribution is 5.77. The van der Waals surface area contributed by atoms with E-state index in [2.05, 4.69) is 12.2 Å². The zero-order valence-electron chi connectivity index (χ0n) is 11.1. The van der Waals surface area contributed by atoms with Crippen molar-refractivity contribution in [3.05, 3.63) is 30.1 Å². The van der Waals surface area contributed by atoms with Gasteiger partial charge in [0.1, 0.15) is 11.9 Å². The Morgan fingerprint density at radius 3 is 2.89 bits per heavy atom. The van der Waals surface area contributed by atoms with Crippen molar-refractivity contribution in [2.24, 2.45) is 11.8 Å². The second-order valence-electron chi connectivity index (χ2n) is 5.50. The average molecular weight is 265 g/mol. The molecule has 2 N–H and O–H groups in total. The number of nitrogens with one attached hydrogen (secondary N) is 1. The molecule has 1 fully saturated rings. The van der Waals surface area contributed by atoms with E-state index in [0.29, 0.717) is 11.6 Å². The fourth-order valence-corrected chi connectivity index (χ4v) is 2.92. The number of carbonyl (C=O) groups is 1. The summed E-state index contributed by atoms with van der Waals surface area (Å²) in [5.41, 5.74) is 0.533. The van der Waals surface area contributed by atoms with Crippen LogP contribution in [0.15, 0.2) is 24.3 Å². The molecule has 0 aliphatic heterocycles.